The van der Waals surface area contributed by atoms with E-state index in [4.69, 9.17) is 9.47 Å². The predicted octanol–water partition coefficient (Wildman–Crippen LogP) is 4.57. The zero-order valence-corrected chi connectivity index (χ0v) is 19.2. The minimum atomic E-state index is -0.558. The van der Waals surface area contributed by atoms with Crippen LogP contribution in [0.1, 0.15) is 30.3 Å². The van der Waals surface area contributed by atoms with Crippen LogP contribution in [-0.2, 0) is 4.79 Å². The third-order valence-electron chi connectivity index (χ3n) is 4.38. The highest BCUT2D eigenvalue weighted by Gasteiger charge is 2.14. The minimum absolute atomic E-state index is 0.00441. The van der Waals surface area contributed by atoms with Crippen LogP contribution in [0.4, 0.5) is 10.8 Å². The summed E-state index contributed by atoms with van der Waals surface area (Å²) in [5, 5.41) is 31.7. The molecule has 0 aliphatic heterocycles. The van der Waals surface area contributed by atoms with Gasteiger partial charge in [0.15, 0.2) is 0 Å². The van der Waals surface area contributed by atoms with Gasteiger partial charge < -0.3 is 9.47 Å². The zero-order chi connectivity index (χ0) is 24.5. The van der Waals surface area contributed by atoms with E-state index in [0.717, 1.165) is 5.01 Å². The van der Waals surface area contributed by atoms with E-state index in [1.165, 1.54) is 41.7 Å². The first-order valence-corrected chi connectivity index (χ1v) is 11.0. The molecule has 0 saturated heterocycles. The second-order valence-electron chi connectivity index (χ2n) is 7.24. The summed E-state index contributed by atoms with van der Waals surface area (Å²) in [7, 11) is 0. The van der Waals surface area contributed by atoms with Crippen LogP contribution in [-0.4, -0.2) is 34.2 Å². The van der Waals surface area contributed by atoms with E-state index in [0.29, 0.717) is 22.2 Å². The number of rotatable bonds is 10. The Bertz CT molecular complexity index is 1210. The van der Waals surface area contributed by atoms with Crippen LogP contribution < -0.4 is 14.8 Å². The normalized spacial score (nSPS) is 11.1. The molecule has 1 heterocycles. The number of benzene rings is 2. The van der Waals surface area contributed by atoms with Crippen molar-refractivity contribution in [3.63, 3.8) is 0 Å². The molecule has 2 aromatic carbocycles. The van der Waals surface area contributed by atoms with Gasteiger partial charge in [0.1, 0.15) is 41.4 Å². The average molecular weight is 480 g/mol. The van der Waals surface area contributed by atoms with E-state index >= 15 is 0 Å². The third kappa shape index (κ3) is 6.85. The summed E-state index contributed by atoms with van der Waals surface area (Å²) in [4.78, 5) is 22.6. The van der Waals surface area contributed by atoms with Gasteiger partial charge in [0, 0.05) is 18.1 Å². The fraction of sp³-hybridized carbons (Fsp3) is 0.217. The molecular formula is C23H21N5O5S. The van der Waals surface area contributed by atoms with Gasteiger partial charge in [-0.05, 0) is 35.9 Å². The molecule has 0 radical (unpaired) electrons. The first-order chi connectivity index (χ1) is 16.4. The molecule has 1 amide bonds. The van der Waals surface area contributed by atoms with Gasteiger partial charge in [-0.3, -0.25) is 20.2 Å². The Labute approximate surface area is 199 Å². The number of nitrogens with zero attached hydrogens (tertiary/aromatic N) is 4. The highest BCUT2D eigenvalue weighted by atomic mass is 32.1. The lowest BCUT2D eigenvalue weighted by Gasteiger charge is -2.08. The van der Waals surface area contributed by atoms with Crippen molar-refractivity contribution in [2.45, 2.75) is 19.8 Å². The molecule has 0 atom stereocenters. The molecule has 174 valence electrons. The van der Waals surface area contributed by atoms with E-state index in [2.05, 4.69) is 15.5 Å². The first-order valence-electron chi connectivity index (χ1n) is 10.2. The van der Waals surface area contributed by atoms with Gasteiger partial charge in [-0.25, -0.2) is 0 Å². The lowest BCUT2D eigenvalue weighted by Crippen LogP contribution is -2.13. The van der Waals surface area contributed by atoms with Crippen LogP contribution >= 0.6 is 11.3 Å². The quantitative estimate of drug-likeness (QED) is 0.147. The maximum absolute atomic E-state index is 12.4. The van der Waals surface area contributed by atoms with Crippen molar-refractivity contribution < 1.29 is 19.2 Å². The summed E-state index contributed by atoms with van der Waals surface area (Å²) in [6, 6.07) is 14.6. The number of aromatic nitrogens is 2. The maximum atomic E-state index is 12.4. The van der Waals surface area contributed by atoms with Crippen LogP contribution in [0, 0.1) is 21.4 Å². The Hall–Kier alpha value is -4.30. The van der Waals surface area contributed by atoms with E-state index in [1.807, 2.05) is 19.9 Å². The third-order valence-corrected chi connectivity index (χ3v) is 5.52. The molecule has 11 heteroatoms. The van der Waals surface area contributed by atoms with Gasteiger partial charge in [0.25, 0.3) is 11.6 Å². The second kappa shape index (κ2) is 11.5. The highest BCUT2D eigenvalue weighted by Crippen LogP contribution is 2.23. The number of carbonyl (C=O) groups excluding carboxylic acids is 1. The van der Waals surface area contributed by atoms with E-state index < -0.39 is 10.8 Å². The lowest BCUT2D eigenvalue weighted by molar-refractivity contribution is -0.384. The summed E-state index contributed by atoms with van der Waals surface area (Å²) in [6.45, 7) is 4.47. The van der Waals surface area contributed by atoms with Gasteiger partial charge in [-0.15, -0.1) is 10.2 Å². The molecule has 0 bridgehead atoms. The second-order valence-corrected chi connectivity index (χ2v) is 8.25. The predicted molar refractivity (Wildman–Crippen MR) is 127 cm³/mol. The van der Waals surface area contributed by atoms with Gasteiger partial charge >= 0.3 is 0 Å². The monoisotopic (exact) mass is 479 g/mol. The number of carbonyl (C=O) groups is 1. The Morgan fingerprint density at radius 2 is 1.71 bits per heavy atom. The molecule has 0 unspecified atom stereocenters. The maximum Gasteiger partial charge on any atom is 0.269 e. The van der Waals surface area contributed by atoms with Crippen molar-refractivity contribution in [2.75, 3.05) is 18.5 Å². The van der Waals surface area contributed by atoms with E-state index in [-0.39, 0.29) is 30.4 Å². The Morgan fingerprint density at radius 1 is 1.12 bits per heavy atom. The van der Waals surface area contributed by atoms with Crippen LogP contribution in [0.5, 0.6) is 11.5 Å². The summed E-state index contributed by atoms with van der Waals surface area (Å²) in [5.74, 6) is 0.731. The molecule has 10 nitrogen and oxygen atoms in total. The molecule has 0 fully saturated rings. The zero-order valence-electron chi connectivity index (χ0n) is 18.4. The summed E-state index contributed by atoms with van der Waals surface area (Å²) < 4.78 is 11.1. The van der Waals surface area contributed by atoms with Gasteiger partial charge in [0.05, 0.1) is 4.92 Å². The molecule has 0 spiro atoms. The average Bonchev–Trinajstić information content (AvgIpc) is 3.30. The van der Waals surface area contributed by atoms with Crippen molar-refractivity contribution in [3.05, 3.63) is 74.8 Å². The van der Waals surface area contributed by atoms with Gasteiger partial charge in [-0.2, -0.15) is 5.26 Å². The molecule has 1 N–H and O–H groups in total. The molecule has 0 saturated carbocycles. The molecule has 0 aliphatic rings. The number of nitriles is 1. The molecule has 3 rings (SSSR count). The molecule has 34 heavy (non-hydrogen) atoms. The number of hydrogen-bond donors (Lipinski definition) is 1. The van der Waals surface area contributed by atoms with Crippen molar-refractivity contribution in [1.29, 1.82) is 5.26 Å². The number of anilines is 1. The van der Waals surface area contributed by atoms with Crippen LogP contribution in [0.3, 0.4) is 0 Å². The highest BCUT2D eigenvalue weighted by molar-refractivity contribution is 7.15. The SMILES string of the molecule is CC(C)c1nnc(NC(=O)/C(C#N)=C\c2ccc(OCCOc3ccc([N+](=O)[O-])cc3)cc2)s1. The molecule has 3 aromatic rings. The number of ether oxygens (including phenoxy) is 2. The largest absolute Gasteiger partial charge is 0.490 e. The number of nitrogens with one attached hydrogen (secondary N) is 1. The topological polar surface area (TPSA) is 140 Å². The smallest absolute Gasteiger partial charge is 0.269 e. The number of nitro groups is 1. The summed E-state index contributed by atoms with van der Waals surface area (Å²) >= 11 is 1.27. The number of amides is 1. The van der Waals surface area contributed by atoms with Crippen LogP contribution in [0.2, 0.25) is 0 Å². The van der Waals surface area contributed by atoms with Gasteiger partial charge in [-0.1, -0.05) is 37.3 Å². The van der Waals surface area contributed by atoms with Crippen molar-refractivity contribution in [3.8, 4) is 17.6 Å². The van der Waals surface area contributed by atoms with Crippen LogP contribution in [0.25, 0.3) is 6.08 Å². The van der Waals surface area contributed by atoms with Gasteiger partial charge in [0.2, 0.25) is 5.13 Å². The molecule has 0 aliphatic carbocycles. The Morgan fingerprint density at radius 3 is 2.21 bits per heavy atom. The summed E-state index contributed by atoms with van der Waals surface area (Å²) in [6.07, 6.45) is 1.47. The molecule has 1 aromatic heterocycles. The van der Waals surface area contributed by atoms with Crippen molar-refractivity contribution in [2.24, 2.45) is 0 Å². The Balaban J connectivity index is 1.50. The fourth-order valence-electron chi connectivity index (χ4n) is 2.64. The lowest BCUT2D eigenvalue weighted by atomic mass is 10.1. The number of non-ortho nitro benzene ring substituents is 1. The Kier molecular flexibility index (Phi) is 8.26. The standard InChI is InChI=1S/C23H21N5O5S/c1-15(2)22-26-27-23(34-22)25-21(29)17(14-24)13-16-3-7-19(8-4-16)32-11-12-33-20-9-5-18(6-10-20)28(30)31/h3-10,13,15H,11-12H2,1-2H3,(H,25,27,29)/b17-13-. The first kappa shape index (κ1) is 24.3. The summed E-state index contributed by atoms with van der Waals surface area (Å²) in [5.41, 5.74) is 0.586. The van der Waals surface area contributed by atoms with Crippen molar-refractivity contribution in [1.82, 2.24) is 10.2 Å². The van der Waals surface area contributed by atoms with Crippen LogP contribution in [0.15, 0.2) is 54.1 Å². The number of hydrogen-bond acceptors (Lipinski definition) is 9. The molecular weight excluding hydrogens is 458 g/mol. The van der Waals surface area contributed by atoms with Crippen molar-refractivity contribution >= 4 is 34.1 Å². The van der Waals surface area contributed by atoms with E-state index in [9.17, 15) is 20.2 Å². The number of nitro benzene ring substituents is 1. The van der Waals surface area contributed by atoms with E-state index in [1.54, 1.807) is 24.3 Å². The minimum Gasteiger partial charge on any atom is -0.490 e. The fourth-order valence-corrected chi connectivity index (χ4v) is 3.38.